The third-order valence-corrected chi connectivity index (χ3v) is 3.75. The van der Waals surface area contributed by atoms with Gasteiger partial charge in [-0.25, -0.2) is 0 Å². The smallest absolute Gasteiger partial charge is 0.203 e. The van der Waals surface area contributed by atoms with Gasteiger partial charge in [0.05, 0.1) is 6.54 Å². The van der Waals surface area contributed by atoms with Crippen molar-refractivity contribution in [2.24, 2.45) is 0 Å². The topological polar surface area (TPSA) is 75.3 Å². The Kier molecular flexibility index (Phi) is 4.09. The first-order valence-corrected chi connectivity index (χ1v) is 6.54. The lowest BCUT2D eigenvalue weighted by molar-refractivity contribution is 0.109. The molecular formula is C10H18N4OS. The maximum Gasteiger partial charge on any atom is 0.203 e. The van der Waals surface area contributed by atoms with Gasteiger partial charge >= 0.3 is 0 Å². The largest absolute Gasteiger partial charge is 0.396 e. The van der Waals surface area contributed by atoms with Crippen LogP contribution in [-0.4, -0.2) is 39.4 Å². The van der Waals surface area contributed by atoms with Crippen molar-refractivity contribution in [3.8, 4) is 0 Å². The minimum Gasteiger partial charge on any atom is -0.396 e. The Bertz CT molecular complexity index is 326. The van der Waals surface area contributed by atoms with Crippen LogP contribution in [0.15, 0.2) is 0 Å². The molecular weight excluding hydrogens is 224 g/mol. The molecule has 1 heterocycles. The number of nitrogen functional groups attached to an aromatic ring is 1. The fraction of sp³-hybridized carbons (Fsp3) is 0.800. The molecule has 0 unspecified atom stereocenters. The fourth-order valence-electron chi connectivity index (χ4n) is 1.92. The zero-order chi connectivity index (χ0) is 11.4. The first-order chi connectivity index (χ1) is 7.79. The van der Waals surface area contributed by atoms with Crippen molar-refractivity contribution in [3.05, 3.63) is 5.01 Å². The van der Waals surface area contributed by atoms with Crippen LogP contribution in [-0.2, 0) is 6.54 Å². The third kappa shape index (κ3) is 2.90. The third-order valence-electron chi connectivity index (χ3n) is 3.02. The molecule has 1 aromatic rings. The Morgan fingerprint density at radius 2 is 2.25 bits per heavy atom. The van der Waals surface area contributed by atoms with E-state index in [1.807, 2.05) is 0 Å². The van der Waals surface area contributed by atoms with E-state index in [2.05, 4.69) is 15.1 Å². The summed E-state index contributed by atoms with van der Waals surface area (Å²) in [4.78, 5) is 2.39. The van der Waals surface area contributed by atoms with E-state index in [0.717, 1.165) is 24.5 Å². The Morgan fingerprint density at radius 1 is 1.44 bits per heavy atom. The van der Waals surface area contributed by atoms with Gasteiger partial charge in [-0.3, -0.25) is 4.90 Å². The van der Waals surface area contributed by atoms with Crippen LogP contribution < -0.4 is 5.73 Å². The Morgan fingerprint density at radius 3 is 2.75 bits per heavy atom. The predicted molar refractivity (Wildman–Crippen MR) is 64.1 cm³/mol. The second-order valence-electron chi connectivity index (χ2n) is 4.17. The normalized spacial score (nSPS) is 16.6. The summed E-state index contributed by atoms with van der Waals surface area (Å²) in [5.41, 5.74) is 5.56. The highest BCUT2D eigenvalue weighted by Crippen LogP contribution is 2.27. The number of nitrogens with two attached hydrogens (primary N) is 1. The molecule has 0 amide bonds. The number of anilines is 1. The maximum absolute atomic E-state index is 8.89. The average molecular weight is 242 g/mol. The lowest BCUT2D eigenvalue weighted by Gasteiger charge is -2.36. The van der Waals surface area contributed by atoms with Crippen LogP contribution in [0.5, 0.6) is 0 Å². The molecule has 0 bridgehead atoms. The molecule has 0 aliphatic heterocycles. The summed E-state index contributed by atoms with van der Waals surface area (Å²) < 4.78 is 0. The van der Waals surface area contributed by atoms with Gasteiger partial charge in [0.25, 0.3) is 0 Å². The van der Waals surface area contributed by atoms with Gasteiger partial charge in [-0.05, 0) is 19.3 Å². The lowest BCUT2D eigenvalue weighted by atomic mass is 9.91. The number of hydrogen-bond acceptors (Lipinski definition) is 6. The van der Waals surface area contributed by atoms with Gasteiger partial charge in [-0.2, -0.15) is 0 Å². The molecule has 3 N–H and O–H groups in total. The maximum atomic E-state index is 8.89. The van der Waals surface area contributed by atoms with E-state index in [1.165, 1.54) is 30.6 Å². The first-order valence-electron chi connectivity index (χ1n) is 5.72. The van der Waals surface area contributed by atoms with Crippen molar-refractivity contribution in [1.82, 2.24) is 15.1 Å². The minimum absolute atomic E-state index is 0.251. The zero-order valence-electron chi connectivity index (χ0n) is 9.30. The van der Waals surface area contributed by atoms with Crippen LogP contribution in [0.1, 0.15) is 30.7 Å². The predicted octanol–water partition coefficient (Wildman–Crippen LogP) is 0.857. The molecule has 1 fully saturated rings. The number of aromatic nitrogens is 2. The summed E-state index contributed by atoms with van der Waals surface area (Å²) in [6.07, 6.45) is 4.67. The number of nitrogens with zero attached hydrogens (tertiary/aromatic N) is 3. The molecule has 0 atom stereocenters. The zero-order valence-corrected chi connectivity index (χ0v) is 10.1. The van der Waals surface area contributed by atoms with Gasteiger partial charge in [0, 0.05) is 19.2 Å². The molecule has 16 heavy (non-hydrogen) atoms. The molecule has 0 aromatic carbocycles. The number of rotatable bonds is 6. The molecule has 1 aliphatic rings. The quantitative estimate of drug-likeness (QED) is 0.773. The van der Waals surface area contributed by atoms with Gasteiger partial charge in [0.15, 0.2) is 0 Å². The van der Waals surface area contributed by atoms with Crippen molar-refractivity contribution in [2.45, 2.75) is 38.3 Å². The van der Waals surface area contributed by atoms with Crippen molar-refractivity contribution < 1.29 is 5.11 Å². The van der Waals surface area contributed by atoms with E-state index in [9.17, 15) is 0 Å². The molecule has 0 saturated heterocycles. The molecule has 1 aromatic heterocycles. The Balaban J connectivity index is 1.90. The highest BCUT2D eigenvalue weighted by molar-refractivity contribution is 7.15. The van der Waals surface area contributed by atoms with Gasteiger partial charge in [-0.1, -0.05) is 17.8 Å². The van der Waals surface area contributed by atoms with Crippen LogP contribution in [0.3, 0.4) is 0 Å². The van der Waals surface area contributed by atoms with E-state index in [0.29, 0.717) is 11.2 Å². The first kappa shape index (κ1) is 11.8. The van der Waals surface area contributed by atoms with E-state index >= 15 is 0 Å². The standard InChI is InChI=1S/C10H18N4OS/c11-10-13-12-9(16-10)7-14(5-2-6-15)8-3-1-4-8/h8,15H,1-7H2,(H2,11,13). The number of aliphatic hydroxyl groups excluding tert-OH is 1. The molecule has 6 heteroatoms. The fourth-order valence-corrected chi connectivity index (χ4v) is 2.56. The van der Waals surface area contributed by atoms with Crippen LogP contribution >= 0.6 is 11.3 Å². The van der Waals surface area contributed by atoms with Crippen LogP contribution in [0.2, 0.25) is 0 Å². The van der Waals surface area contributed by atoms with E-state index in [4.69, 9.17) is 10.8 Å². The lowest BCUT2D eigenvalue weighted by Crippen LogP contribution is -2.40. The Hall–Kier alpha value is -0.720. The summed E-state index contributed by atoms with van der Waals surface area (Å²) in [6, 6.07) is 0.664. The Labute approximate surface area is 99.3 Å². The van der Waals surface area contributed by atoms with Crippen molar-refractivity contribution in [2.75, 3.05) is 18.9 Å². The van der Waals surface area contributed by atoms with Gasteiger partial charge in [0.2, 0.25) is 5.13 Å². The molecule has 5 nitrogen and oxygen atoms in total. The van der Waals surface area contributed by atoms with Crippen molar-refractivity contribution in [3.63, 3.8) is 0 Å². The second-order valence-corrected chi connectivity index (χ2v) is 5.26. The molecule has 0 radical (unpaired) electrons. The summed E-state index contributed by atoms with van der Waals surface area (Å²) in [7, 11) is 0. The molecule has 2 rings (SSSR count). The SMILES string of the molecule is Nc1nnc(CN(CCCO)C2CCC2)s1. The number of aliphatic hydroxyl groups is 1. The monoisotopic (exact) mass is 242 g/mol. The van der Waals surface area contributed by atoms with Gasteiger partial charge in [-0.15, -0.1) is 10.2 Å². The summed E-state index contributed by atoms with van der Waals surface area (Å²) in [5, 5.41) is 18.3. The average Bonchev–Trinajstić information content (AvgIpc) is 2.58. The van der Waals surface area contributed by atoms with Gasteiger partial charge in [0.1, 0.15) is 5.01 Å². The summed E-state index contributed by atoms with van der Waals surface area (Å²) in [5.74, 6) is 0. The highest BCUT2D eigenvalue weighted by atomic mass is 32.1. The molecule has 90 valence electrons. The summed E-state index contributed by atoms with van der Waals surface area (Å²) >= 11 is 1.45. The van der Waals surface area contributed by atoms with E-state index in [1.54, 1.807) is 0 Å². The second kappa shape index (κ2) is 5.56. The highest BCUT2D eigenvalue weighted by Gasteiger charge is 2.25. The van der Waals surface area contributed by atoms with Crippen LogP contribution in [0.4, 0.5) is 5.13 Å². The minimum atomic E-state index is 0.251. The van der Waals surface area contributed by atoms with Crippen molar-refractivity contribution in [1.29, 1.82) is 0 Å². The molecule has 1 aliphatic carbocycles. The van der Waals surface area contributed by atoms with E-state index in [-0.39, 0.29) is 6.61 Å². The number of hydrogen-bond donors (Lipinski definition) is 2. The molecule has 0 spiro atoms. The summed E-state index contributed by atoms with van der Waals surface area (Å²) in [6.45, 7) is 2.00. The van der Waals surface area contributed by atoms with Gasteiger partial charge < -0.3 is 10.8 Å². The van der Waals surface area contributed by atoms with Crippen molar-refractivity contribution >= 4 is 16.5 Å². The van der Waals surface area contributed by atoms with Crippen LogP contribution in [0.25, 0.3) is 0 Å². The molecule has 1 saturated carbocycles. The van der Waals surface area contributed by atoms with Crippen LogP contribution in [0, 0.1) is 0 Å². The van der Waals surface area contributed by atoms with E-state index < -0.39 is 0 Å².